The van der Waals surface area contributed by atoms with Gasteiger partial charge < -0.3 is 10.5 Å². The van der Waals surface area contributed by atoms with Gasteiger partial charge in [-0.3, -0.25) is 4.79 Å². The first-order valence-electron chi connectivity index (χ1n) is 7.96. The van der Waals surface area contributed by atoms with Gasteiger partial charge in [0.2, 0.25) is 0 Å². The van der Waals surface area contributed by atoms with E-state index in [9.17, 15) is 9.59 Å². The van der Waals surface area contributed by atoms with Crippen molar-refractivity contribution in [1.82, 2.24) is 0 Å². The minimum atomic E-state index is -0.741. The number of benzene rings is 2. The van der Waals surface area contributed by atoms with Crippen LogP contribution in [-0.2, 0) is 11.2 Å². The first-order chi connectivity index (χ1) is 11.9. The van der Waals surface area contributed by atoms with Crippen LogP contribution in [-0.4, -0.2) is 18.4 Å². The second-order valence-electron chi connectivity index (χ2n) is 5.65. The van der Waals surface area contributed by atoms with E-state index in [1.807, 2.05) is 12.1 Å². The van der Waals surface area contributed by atoms with Crippen molar-refractivity contribution in [3.8, 4) is 0 Å². The van der Waals surface area contributed by atoms with E-state index in [1.54, 1.807) is 12.1 Å². The fourth-order valence-corrected chi connectivity index (χ4v) is 2.78. The van der Waals surface area contributed by atoms with Crippen molar-refractivity contribution >= 4 is 40.6 Å². The molecule has 0 saturated heterocycles. The molecule has 0 atom stereocenters. The Kier molecular flexibility index (Phi) is 6.85. The smallest absolute Gasteiger partial charge is 0.340 e. The zero-order valence-corrected chi connectivity index (χ0v) is 15.4. The van der Waals surface area contributed by atoms with Gasteiger partial charge in [-0.05, 0) is 30.5 Å². The molecule has 0 radical (unpaired) electrons. The van der Waals surface area contributed by atoms with E-state index in [1.165, 1.54) is 17.7 Å². The maximum atomic E-state index is 12.2. The highest BCUT2D eigenvalue weighted by molar-refractivity contribution is 6.37. The lowest BCUT2D eigenvalue weighted by Crippen LogP contribution is -2.15. The van der Waals surface area contributed by atoms with Crippen molar-refractivity contribution in [3.05, 3.63) is 63.1 Å². The molecule has 0 aromatic heterocycles. The zero-order valence-electron chi connectivity index (χ0n) is 13.9. The SMILES string of the molecule is CCCCc1ccc(C(=O)COC(=O)c2cc(Cl)cc(Cl)c2N)cc1. The Morgan fingerprint density at radius 2 is 1.80 bits per heavy atom. The summed E-state index contributed by atoms with van der Waals surface area (Å²) in [4.78, 5) is 24.3. The van der Waals surface area contributed by atoms with Crippen LogP contribution in [0.15, 0.2) is 36.4 Å². The minimum Gasteiger partial charge on any atom is -0.454 e. The number of esters is 1. The molecule has 0 aliphatic heterocycles. The van der Waals surface area contributed by atoms with Gasteiger partial charge in [-0.2, -0.15) is 0 Å². The normalized spacial score (nSPS) is 10.5. The topological polar surface area (TPSA) is 69.4 Å². The van der Waals surface area contributed by atoms with E-state index in [2.05, 4.69) is 6.92 Å². The third-order valence-corrected chi connectivity index (χ3v) is 4.27. The van der Waals surface area contributed by atoms with Crippen LogP contribution < -0.4 is 5.73 Å². The lowest BCUT2D eigenvalue weighted by Gasteiger charge is -2.09. The molecule has 2 N–H and O–H groups in total. The molecule has 0 amide bonds. The summed E-state index contributed by atoms with van der Waals surface area (Å²) in [5.74, 6) is -1.03. The van der Waals surface area contributed by atoms with Gasteiger partial charge in [0.05, 0.1) is 16.3 Å². The average Bonchev–Trinajstić information content (AvgIpc) is 2.61. The van der Waals surface area contributed by atoms with Crippen LogP contribution >= 0.6 is 23.2 Å². The van der Waals surface area contributed by atoms with E-state index in [0.717, 1.165) is 19.3 Å². The van der Waals surface area contributed by atoms with E-state index in [4.69, 9.17) is 33.7 Å². The van der Waals surface area contributed by atoms with Crippen molar-refractivity contribution in [2.45, 2.75) is 26.2 Å². The summed E-state index contributed by atoms with van der Waals surface area (Å²) >= 11 is 11.7. The Labute approximate surface area is 156 Å². The second kappa shape index (κ2) is 8.88. The predicted octanol–water partition coefficient (Wildman–Crippen LogP) is 4.96. The number of nitrogens with two attached hydrogens (primary N) is 1. The highest BCUT2D eigenvalue weighted by atomic mass is 35.5. The fraction of sp³-hybridized carbons (Fsp3) is 0.263. The van der Waals surface area contributed by atoms with Crippen LogP contribution in [0.1, 0.15) is 46.0 Å². The maximum absolute atomic E-state index is 12.2. The van der Waals surface area contributed by atoms with Gasteiger partial charge in [0.1, 0.15) is 0 Å². The van der Waals surface area contributed by atoms with Crippen molar-refractivity contribution in [1.29, 1.82) is 0 Å². The van der Waals surface area contributed by atoms with Crippen LogP contribution in [0.5, 0.6) is 0 Å². The molecule has 0 bridgehead atoms. The zero-order chi connectivity index (χ0) is 18.4. The summed E-state index contributed by atoms with van der Waals surface area (Å²) in [5.41, 5.74) is 7.53. The molecular weight excluding hydrogens is 361 g/mol. The number of rotatable bonds is 7. The molecule has 4 nitrogen and oxygen atoms in total. The van der Waals surface area contributed by atoms with Crippen LogP contribution in [0.25, 0.3) is 0 Å². The molecule has 2 aromatic carbocycles. The fourth-order valence-electron chi connectivity index (χ4n) is 2.28. The number of nitrogen functional groups attached to an aromatic ring is 1. The maximum Gasteiger partial charge on any atom is 0.340 e. The molecule has 25 heavy (non-hydrogen) atoms. The molecule has 0 fully saturated rings. The second-order valence-corrected chi connectivity index (χ2v) is 6.49. The Bertz CT molecular complexity index is 773. The van der Waals surface area contributed by atoms with Gasteiger partial charge in [0.15, 0.2) is 12.4 Å². The lowest BCUT2D eigenvalue weighted by atomic mass is 10.0. The number of aryl methyl sites for hydroxylation is 1. The van der Waals surface area contributed by atoms with Gasteiger partial charge in [-0.25, -0.2) is 4.79 Å². The van der Waals surface area contributed by atoms with Crippen LogP contribution in [0.4, 0.5) is 5.69 Å². The highest BCUT2D eigenvalue weighted by Gasteiger charge is 2.17. The Hall–Kier alpha value is -2.04. The molecule has 132 valence electrons. The van der Waals surface area contributed by atoms with Crippen molar-refractivity contribution in [2.75, 3.05) is 12.3 Å². The quantitative estimate of drug-likeness (QED) is 0.419. The summed E-state index contributed by atoms with van der Waals surface area (Å²) < 4.78 is 5.04. The van der Waals surface area contributed by atoms with Crippen LogP contribution in [0.2, 0.25) is 10.0 Å². The molecule has 0 spiro atoms. The number of hydrogen-bond donors (Lipinski definition) is 1. The number of ether oxygens (including phenoxy) is 1. The van der Waals surface area contributed by atoms with Crippen molar-refractivity contribution < 1.29 is 14.3 Å². The third-order valence-electron chi connectivity index (χ3n) is 3.74. The molecular formula is C19H19Cl2NO3. The monoisotopic (exact) mass is 379 g/mol. The summed E-state index contributed by atoms with van der Waals surface area (Å²) in [6, 6.07) is 10.1. The van der Waals surface area contributed by atoms with Gasteiger partial charge in [-0.15, -0.1) is 0 Å². The van der Waals surface area contributed by atoms with E-state index in [0.29, 0.717) is 5.56 Å². The molecule has 0 saturated carbocycles. The Morgan fingerprint density at radius 1 is 1.12 bits per heavy atom. The number of hydrogen-bond acceptors (Lipinski definition) is 4. The molecule has 0 aliphatic rings. The van der Waals surface area contributed by atoms with E-state index in [-0.39, 0.29) is 33.7 Å². The summed E-state index contributed by atoms with van der Waals surface area (Å²) in [5, 5.41) is 0.425. The standard InChI is InChI=1S/C19H19Cl2NO3/c1-2-3-4-12-5-7-13(8-6-12)17(23)11-25-19(24)15-9-14(20)10-16(21)18(15)22/h5-10H,2-4,11,22H2,1H3. The van der Waals surface area contributed by atoms with Gasteiger partial charge in [0.25, 0.3) is 0 Å². The number of ketones is 1. The number of Topliss-reactive ketones (excluding diaryl/α,β-unsaturated/α-hetero) is 1. The van der Waals surface area contributed by atoms with Gasteiger partial charge in [-0.1, -0.05) is 60.8 Å². The Morgan fingerprint density at radius 3 is 2.44 bits per heavy atom. The largest absolute Gasteiger partial charge is 0.454 e. The summed E-state index contributed by atoms with van der Waals surface area (Å²) in [7, 11) is 0. The first kappa shape index (κ1) is 19.3. The number of carbonyl (C=O) groups is 2. The minimum absolute atomic E-state index is 0.0419. The van der Waals surface area contributed by atoms with Crippen LogP contribution in [0, 0.1) is 0 Å². The first-order valence-corrected chi connectivity index (χ1v) is 8.71. The number of unbranched alkanes of at least 4 members (excludes halogenated alkanes) is 1. The van der Waals surface area contributed by atoms with E-state index >= 15 is 0 Å². The van der Waals surface area contributed by atoms with Crippen LogP contribution in [0.3, 0.4) is 0 Å². The highest BCUT2D eigenvalue weighted by Crippen LogP contribution is 2.28. The molecule has 2 aromatic rings. The Balaban J connectivity index is 1.99. The van der Waals surface area contributed by atoms with Crippen molar-refractivity contribution in [2.24, 2.45) is 0 Å². The average molecular weight is 380 g/mol. The predicted molar refractivity (Wildman–Crippen MR) is 101 cm³/mol. The van der Waals surface area contributed by atoms with Gasteiger partial charge in [0, 0.05) is 10.6 Å². The molecule has 6 heteroatoms. The summed E-state index contributed by atoms with van der Waals surface area (Å²) in [6.07, 6.45) is 3.20. The molecule has 0 aliphatic carbocycles. The lowest BCUT2D eigenvalue weighted by molar-refractivity contribution is 0.0476. The van der Waals surface area contributed by atoms with E-state index < -0.39 is 5.97 Å². The van der Waals surface area contributed by atoms with Gasteiger partial charge >= 0.3 is 5.97 Å². The van der Waals surface area contributed by atoms with Crippen molar-refractivity contribution in [3.63, 3.8) is 0 Å². The third kappa shape index (κ3) is 5.21. The number of halogens is 2. The molecule has 2 rings (SSSR count). The summed E-state index contributed by atoms with van der Waals surface area (Å²) in [6.45, 7) is 1.75. The molecule has 0 heterocycles. The number of anilines is 1. The number of carbonyl (C=O) groups excluding carboxylic acids is 2. The molecule has 0 unspecified atom stereocenters.